The Morgan fingerprint density at radius 3 is 2.63 bits per heavy atom. The quantitative estimate of drug-likeness (QED) is 0.354. The van der Waals surface area contributed by atoms with E-state index >= 15 is 0 Å². The highest BCUT2D eigenvalue weighted by Crippen LogP contribution is 2.34. The molecular formula is C27H30N6O4S. The molecule has 1 aliphatic carbocycles. The maximum atomic E-state index is 13.4. The van der Waals surface area contributed by atoms with Crippen LogP contribution in [0.4, 0.5) is 0 Å². The number of nitrogens with zero attached hydrogens (tertiary/aromatic N) is 4. The SMILES string of the molecule is COc1ccc(-c2c(C(=O)NCc3ccccn3)nn3c(C)cc(C)nc23)cc1S(=O)(=O)NC1CCCC1. The van der Waals surface area contributed by atoms with E-state index in [1.807, 2.05) is 32.0 Å². The summed E-state index contributed by atoms with van der Waals surface area (Å²) in [6.07, 6.45) is 5.26. The molecule has 10 nitrogen and oxygen atoms in total. The first kappa shape index (κ1) is 25.8. The van der Waals surface area contributed by atoms with Crippen molar-refractivity contribution in [3.05, 3.63) is 71.4 Å². The number of carbonyl (C=O) groups excluding carboxylic acids is 1. The zero-order valence-electron chi connectivity index (χ0n) is 21.6. The monoisotopic (exact) mass is 534 g/mol. The zero-order valence-corrected chi connectivity index (χ0v) is 22.4. The lowest BCUT2D eigenvalue weighted by atomic mass is 10.0. The maximum Gasteiger partial charge on any atom is 0.272 e. The molecule has 0 aliphatic heterocycles. The minimum absolute atomic E-state index is 0.00738. The van der Waals surface area contributed by atoms with E-state index < -0.39 is 15.9 Å². The van der Waals surface area contributed by atoms with Crippen LogP contribution < -0.4 is 14.8 Å². The lowest BCUT2D eigenvalue weighted by Gasteiger charge is -2.16. The molecule has 198 valence electrons. The predicted octanol–water partition coefficient (Wildman–Crippen LogP) is 3.57. The third kappa shape index (κ3) is 5.11. The van der Waals surface area contributed by atoms with E-state index in [9.17, 15) is 13.2 Å². The summed E-state index contributed by atoms with van der Waals surface area (Å²) in [6, 6.07) is 12.1. The van der Waals surface area contributed by atoms with Crippen molar-refractivity contribution in [3.8, 4) is 16.9 Å². The number of pyridine rings is 1. The standard InChI is InChI=1S/C27H30N6O4S/c1-17-14-18(2)33-26(30-17)24(25(31-33)27(34)29-16-21-10-6-7-13-28-21)19-11-12-22(37-3)23(15-19)38(35,36)32-20-8-4-5-9-20/h6-7,10-15,20,32H,4-5,8-9,16H2,1-3H3,(H,29,34). The number of fused-ring (bicyclic) bond motifs is 1. The van der Waals surface area contributed by atoms with Gasteiger partial charge in [0.05, 0.1) is 24.9 Å². The van der Waals surface area contributed by atoms with E-state index in [1.165, 1.54) is 13.2 Å². The number of aromatic nitrogens is 4. The highest BCUT2D eigenvalue weighted by molar-refractivity contribution is 7.89. The first-order valence-electron chi connectivity index (χ1n) is 12.5. The predicted molar refractivity (Wildman–Crippen MR) is 142 cm³/mol. The van der Waals surface area contributed by atoms with Crippen molar-refractivity contribution in [1.29, 1.82) is 0 Å². The topological polar surface area (TPSA) is 128 Å². The Labute approximate surface area is 221 Å². The van der Waals surface area contributed by atoms with E-state index in [4.69, 9.17) is 4.74 Å². The molecule has 1 amide bonds. The number of ether oxygens (including phenoxy) is 1. The van der Waals surface area contributed by atoms with Gasteiger partial charge in [0.1, 0.15) is 10.6 Å². The van der Waals surface area contributed by atoms with Crippen molar-refractivity contribution in [2.24, 2.45) is 0 Å². The Morgan fingerprint density at radius 2 is 1.92 bits per heavy atom. The Hall–Kier alpha value is -3.83. The van der Waals surface area contributed by atoms with Gasteiger partial charge in [0.25, 0.3) is 5.91 Å². The third-order valence-corrected chi connectivity index (χ3v) is 8.23. The number of aryl methyl sites for hydroxylation is 2. The van der Waals surface area contributed by atoms with Gasteiger partial charge >= 0.3 is 0 Å². The molecule has 2 N–H and O–H groups in total. The Morgan fingerprint density at radius 1 is 1.13 bits per heavy atom. The highest BCUT2D eigenvalue weighted by atomic mass is 32.2. The van der Waals surface area contributed by atoms with Crippen LogP contribution in [0.25, 0.3) is 16.8 Å². The van der Waals surface area contributed by atoms with Crippen molar-refractivity contribution in [2.75, 3.05) is 7.11 Å². The van der Waals surface area contributed by atoms with Crippen LogP contribution in [0, 0.1) is 13.8 Å². The van der Waals surface area contributed by atoms with Crippen LogP contribution >= 0.6 is 0 Å². The van der Waals surface area contributed by atoms with Crippen molar-refractivity contribution in [1.82, 2.24) is 29.6 Å². The number of rotatable bonds is 8. The van der Waals surface area contributed by atoms with Crippen LogP contribution in [0.15, 0.2) is 53.6 Å². The number of nitrogens with one attached hydrogen (secondary N) is 2. The summed E-state index contributed by atoms with van der Waals surface area (Å²) >= 11 is 0. The summed E-state index contributed by atoms with van der Waals surface area (Å²) in [7, 11) is -2.45. The van der Waals surface area contributed by atoms with Crippen molar-refractivity contribution >= 4 is 21.6 Å². The molecule has 1 aliphatic rings. The van der Waals surface area contributed by atoms with Gasteiger partial charge in [-0.2, -0.15) is 5.10 Å². The van der Waals surface area contributed by atoms with Crippen molar-refractivity contribution < 1.29 is 17.9 Å². The summed E-state index contributed by atoms with van der Waals surface area (Å²) in [5.74, 6) is -0.199. The smallest absolute Gasteiger partial charge is 0.272 e. The van der Waals surface area contributed by atoms with E-state index in [0.717, 1.165) is 37.1 Å². The van der Waals surface area contributed by atoms with Crippen molar-refractivity contribution in [3.63, 3.8) is 0 Å². The Kier molecular flexibility index (Phi) is 7.13. The summed E-state index contributed by atoms with van der Waals surface area (Å²) < 4.78 is 36.7. The summed E-state index contributed by atoms with van der Waals surface area (Å²) in [5.41, 5.74) is 3.78. The number of methoxy groups -OCH3 is 1. The van der Waals surface area contributed by atoms with E-state index in [-0.39, 0.29) is 28.9 Å². The molecule has 0 atom stereocenters. The number of hydrogen-bond donors (Lipinski definition) is 2. The molecule has 3 aromatic heterocycles. The Balaban J connectivity index is 1.61. The molecule has 0 spiro atoms. The average Bonchev–Trinajstić information content (AvgIpc) is 3.55. The normalized spacial score (nSPS) is 14.2. The van der Waals surface area contributed by atoms with E-state index in [0.29, 0.717) is 22.5 Å². The van der Waals surface area contributed by atoms with Gasteiger partial charge in [-0.3, -0.25) is 9.78 Å². The van der Waals surface area contributed by atoms with Crippen LogP contribution in [-0.2, 0) is 16.6 Å². The van der Waals surface area contributed by atoms with Crippen LogP contribution in [0.2, 0.25) is 0 Å². The van der Waals surface area contributed by atoms with Gasteiger partial charge in [0, 0.05) is 23.6 Å². The van der Waals surface area contributed by atoms with Crippen LogP contribution in [0.1, 0.15) is 53.3 Å². The van der Waals surface area contributed by atoms with Gasteiger partial charge in [-0.15, -0.1) is 0 Å². The third-order valence-electron chi connectivity index (χ3n) is 6.69. The largest absolute Gasteiger partial charge is 0.495 e. The first-order valence-corrected chi connectivity index (χ1v) is 14.0. The van der Waals surface area contributed by atoms with Gasteiger partial charge < -0.3 is 10.1 Å². The number of carbonyl (C=O) groups is 1. The molecule has 1 saturated carbocycles. The molecule has 1 fully saturated rings. The molecule has 3 heterocycles. The van der Waals surface area contributed by atoms with E-state index in [2.05, 4.69) is 25.1 Å². The maximum absolute atomic E-state index is 13.4. The van der Waals surface area contributed by atoms with E-state index in [1.54, 1.807) is 28.9 Å². The van der Waals surface area contributed by atoms with Gasteiger partial charge in [0.15, 0.2) is 11.3 Å². The van der Waals surface area contributed by atoms with Gasteiger partial charge in [-0.25, -0.2) is 22.6 Å². The molecular weight excluding hydrogens is 504 g/mol. The number of benzene rings is 1. The summed E-state index contributed by atoms with van der Waals surface area (Å²) in [6.45, 7) is 3.95. The van der Waals surface area contributed by atoms with Crippen LogP contribution in [0.3, 0.4) is 0 Å². The zero-order chi connectivity index (χ0) is 26.9. The summed E-state index contributed by atoms with van der Waals surface area (Å²) in [5, 5.41) is 7.46. The summed E-state index contributed by atoms with van der Waals surface area (Å²) in [4.78, 5) is 22.3. The average molecular weight is 535 g/mol. The fourth-order valence-corrected chi connectivity index (χ4v) is 6.37. The molecule has 38 heavy (non-hydrogen) atoms. The van der Waals surface area contributed by atoms with Crippen molar-refractivity contribution in [2.45, 2.75) is 57.0 Å². The minimum Gasteiger partial charge on any atom is -0.495 e. The molecule has 4 aromatic rings. The molecule has 0 bridgehead atoms. The molecule has 0 saturated heterocycles. The van der Waals surface area contributed by atoms with Crippen LogP contribution in [-0.4, -0.2) is 47.1 Å². The fraction of sp³-hybridized carbons (Fsp3) is 0.333. The fourth-order valence-electron chi connectivity index (χ4n) is 4.87. The molecule has 5 rings (SSSR count). The second kappa shape index (κ2) is 10.5. The first-order chi connectivity index (χ1) is 18.3. The molecule has 11 heteroatoms. The highest BCUT2D eigenvalue weighted by Gasteiger charge is 2.28. The second-order valence-electron chi connectivity index (χ2n) is 9.47. The molecule has 1 aromatic carbocycles. The Bertz CT molecular complexity index is 1600. The lowest BCUT2D eigenvalue weighted by Crippen LogP contribution is -2.32. The number of sulfonamides is 1. The number of hydrogen-bond acceptors (Lipinski definition) is 7. The molecule has 0 radical (unpaired) electrons. The van der Waals surface area contributed by atoms with Gasteiger partial charge in [-0.1, -0.05) is 25.0 Å². The van der Waals surface area contributed by atoms with Gasteiger partial charge in [0.2, 0.25) is 10.0 Å². The van der Waals surface area contributed by atoms with Crippen LogP contribution in [0.5, 0.6) is 5.75 Å². The second-order valence-corrected chi connectivity index (χ2v) is 11.2. The minimum atomic E-state index is -3.88. The molecule has 0 unspecified atom stereocenters. The number of amides is 1. The lowest BCUT2D eigenvalue weighted by molar-refractivity contribution is 0.0945. The van der Waals surface area contributed by atoms with Gasteiger partial charge in [-0.05, 0) is 62.6 Å².